The van der Waals surface area contributed by atoms with Gasteiger partial charge in [0.1, 0.15) is 12.1 Å². The van der Waals surface area contributed by atoms with Crippen LogP contribution in [0.25, 0.3) is 11.0 Å². The number of anilines is 1. The maximum atomic E-state index is 8.80. The van der Waals surface area contributed by atoms with Crippen molar-refractivity contribution in [1.29, 1.82) is 5.26 Å². The Kier molecular flexibility index (Phi) is 5.00. The molecule has 2 aromatic rings. The van der Waals surface area contributed by atoms with E-state index in [1.807, 2.05) is 6.20 Å². The Labute approximate surface area is 153 Å². The Balaban J connectivity index is 1.47. The Morgan fingerprint density at radius 3 is 2.88 bits per heavy atom. The summed E-state index contributed by atoms with van der Waals surface area (Å²) >= 11 is 0. The zero-order chi connectivity index (χ0) is 17.9. The van der Waals surface area contributed by atoms with Crippen LogP contribution in [0.4, 0.5) is 5.82 Å². The standard InChI is InChI=1S/C18H25N7O/c1-14-12-26-10-9-24(14)15-3-7-23(8-4-15)17-16-11-22-25(6-2-5-19)18(16)21-13-20-17/h11,13-15H,2-4,6-10,12H2,1H3. The first-order chi connectivity index (χ1) is 12.8. The second-order valence-electron chi connectivity index (χ2n) is 7.09. The van der Waals surface area contributed by atoms with Gasteiger partial charge in [0.25, 0.3) is 0 Å². The molecule has 0 radical (unpaired) electrons. The normalized spacial score (nSPS) is 22.6. The molecule has 2 aliphatic heterocycles. The summed E-state index contributed by atoms with van der Waals surface area (Å²) in [6.45, 7) is 7.53. The number of fused-ring (bicyclic) bond motifs is 1. The van der Waals surface area contributed by atoms with Gasteiger partial charge in [-0.3, -0.25) is 4.90 Å². The third-order valence-corrected chi connectivity index (χ3v) is 5.50. The first-order valence-corrected chi connectivity index (χ1v) is 9.40. The van der Waals surface area contributed by atoms with E-state index in [0.717, 1.165) is 62.5 Å². The van der Waals surface area contributed by atoms with Gasteiger partial charge in [0, 0.05) is 31.7 Å². The zero-order valence-electron chi connectivity index (χ0n) is 15.2. The quantitative estimate of drug-likeness (QED) is 0.820. The molecule has 2 saturated heterocycles. The molecule has 0 aromatic carbocycles. The summed E-state index contributed by atoms with van der Waals surface area (Å²) in [5.74, 6) is 0.965. The van der Waals surface area contributed by atoms with Gasteiger partial charge >= 0.3 is 0 Å². The van der Waals surface area contributed by atoms with Gasteiger partial charge < -0.3 is 9.64 Å². The molecule has 8 heteroatoms. The molecule has 138 valence electrons. The maximum Gasteiger partial charge on any atom is 0.163 e. The van der Waals surface area contributed by atoms with E-state index in [4.69, 9.17) is 10.00 Å². The summed E-state index contributed by atoms with van der Waals surface area (Å²) in [6.07, 6.45) is 6.15. The van der Waals surface area contributed by atoms with Crippen LogP contribution >= 0.6 is 0 Å². The zero-order valence-corrected chi connectivity index (χ0v) is 15.2. The number of piperidine rings is 1. The Morgan fingerprint density at radius 1 is 1.27 bits per heavy atom. The lowest BCUT2D eigenvalue weighted by Crippen LogP contribution is -2.53. The predicted octanol–water partition coefficient (Wildman–Crippen LogP) is 1.43. The molecular formula is C18H25N7O. The highest BCUT2D eigenvalue weighted by Gasteiger charge is 2.30. The molecule has 0 amide bonds. The van der Waals surface area contributed by atoms with Gasteiger partial charge in [-0.2, -0.15) is 10.4 Å². The second kappa shape index (κ2) is 7.56. The van der Waals surface area contributed by atoms with Crippen LogP contribution in [0.2, 0.25) is 0 Å². The first-order valence-electron chi connectivity index (χ1n) is 9.40. The molecule has 8 nitrogen and oxygen atoms in total. The fourth-order valence-electron chi connectivity index (χ4n) is 4.14. The fourth-order valence-corrected chi connectivity index (χ4v) is 4.14. The molecule has 4 heterocycles. The van der Waals surface area contributed by atoms with E-state index in [0.29, 0.717) is 25.0 Å². The van der Waals surface area contributed by atoms with Crippen molar-refractivity contribution in [1.82, 2.24) is 24.6 Å². The van der Waals surface area contributed by atoms with Gasteiger partial charge in [0.15, 0.2) is 5.65 Å². The predicted molar refractivity (Wildman–Crippen MR) is 97.8 cm³/mol. The van der Waals surface area contributed by atoms with Crippen molar-refractivity contribution < 1.29 is 4.74 Å². The summed E-state index contributed by atoms with van der Waals surface area (Å²) in [4.78, 5) is 13.9. The van der Waals surface area contributed by atoms with Crippen LogP contribution in [0, 0.1) is 11.3 Å². The van der Waals surface area contributed by atoms with E-state index in [-0.39, 0.29) is 0 Å². The smallest absolute Gasteiger partial charge is 0.163 e. The molecule has 0 saturated carbocycles. The number of aromatic nitrogens is 4. The van der Waals surface area contributed by atoms with E-state index < -0.39 is 0 Å². The number of hydrogen-bond donors (Lipinski definition) is 0. The van der Waals surface area contributed by atoms with Crippen molar-refractivity contribution in [3.05, 3.63) is 12.5 Å². The number of aryl methyl sites for hydroxylation is 1. The van der Waals surface area contributed by atoms with E-state index >= 15 is 0 Å². The van der Waals surface area contributed by atoms with Crippen LogP contribution in [0.1, 0.15) is 26.2 Å². The van der Waals surface area contributed by atoms with Crippen molar-refractivity contribution in [2.24, 2.45) is 0 Å². The summed E-state index contributed by atoms with van der Waals surface area (Å²) in [6, 6.07) is 3.29. The SMILES string of the molecule is CC1COCCN1C1CCN(c2ncnc3c2cnn3CCC#N)CC1. The highest BCUT2D eigenvalue weighted by Crippen LogP contribution is 2.28. The molecule has 4 rings (SSSR count). The van der Waals surface area contributed by atoms with E-state index in [1.165, 1.54) is 0 Å². The van der Waals surface area contributed by atoms with Crippen LogP contribution in [0.3, 0.4) is 0 Å². The van der Waals surface area contributed by atoms with Crippen molar-refractivity contribution >= 4 is 16.9 Å². The largest absolute Gasteiger partial charge is 0.379 e. The number of hydrogen-bond acceptors (Lipinski definition) is 7. The average Bonchev–Trinajstić information content (AvgIpc) is 3.10. The molecule has 0 bridgehead atoms. The highest BCUT2D eigenvalue weighted by atomic mass is 16.5. The lowest BCUT2D eigenvalue weighted by atomic mass is 10.0. The van der Waals surface area contributed by atoms with Gasteiger partial charge in [-0.05, 0) is 19.8 Å². The lowest BCUT2D eigenvalue weighted by molar-refractivity contribution is -0.0265. The van der Waals surface area contributed by atoms with Crippen molar-refractivity contribution in [2.45, 2.75) is 44.8 Å². The van der Waals surface area contributed by atoms with Crippen LogP contribution in [0.15, 0.2) is 12.5 Å². The second-order valence-corrected chi connectivity index (χ2v) is 7.09. The fraction of sp³-hybridized carbons (Fsp3) is 0.667. The number of rotatable bonds is 4. The molecule has 2 aliphatic rings. The molecule has 2 aromatic heterocycles. The minimum Gasteiger partial charge on any atom is -0.379 e. The van der Waals surface area contributed by atoms with E-state index in [1.54, 1.807) is 11.0 Å². The summed E-state index contributed by atoms with van der Waals surface area (Å²) in [7, 11) is 0. The van der Waals surface area contributed by atoms with Crippen molar-refractivity contribution in [2.75, 3.05) is 37.7 Å². The number of nitrogens with zero attached hydrogens (tertiary/aromatic N) is 7. The van der Waals surface area contributed by atoms with Crippen LogP contribution in [-0.4, -0.2) is 69.6 Å². The highest BCUT2D eigenvalue weighted by molar-refractivity contribution is 5.86. The van der Waals surface area contributed by atoms with Crippen LogP contribution in [-0.2, 0) is 11.3 Å². The van der Waals surface area contributed by atoms with Crippen molar-refractivity contribution in [3.63, 3.8) is 0 Å². The molecule has 26 heavy (non-hydrogen) atoms. The lowest BCUT2D eigenvalue weighted by Gasteiger charge is -2.43. The first kappa shape index (κ1) is 17.2. The van der Waals surface area contributed by atoms with Crippen molar-refractivity contribution in [3.8, 4) is 6.07 Å². The summed E-state index contributed by atoms with van der Waals surface area (Å²) < 4.78 is 7.37. The average molecular weight is 355 g/mol. The minimum atomic E-state index is 0.430. The molecule has 0 aliphatic carbocycles. The van der Waals surface area contributed by atoms with Crippen LogP contribution < -0.4 is 4.90 Å². The van der Waals surface area contributed by atoms with Gasteiger partial charge in [-0.15, -0.1) is 0 Å². The molecule has 1 atom stereocenters. The Morgan fingerprint density at radius 2 is 2.12 bits per heavy atom. The van der Waals surface area contributed by atoms with Gasteiger partial charge in [0.2, 0.25) is 0 Å². The number of nitriles is 1. The molecule has 2 fully saturated rings. The molecular weight excluding hydrogens is 330 g/mol. The third-order valence-electron chi connectivity index (χ3n) is 5.50. The minimum absolute atomic E-state index is 0.430. The molecule has 1 unspecified atom stereocenters. The number of ether oxygens (including phenoxy) is 1. The number of morpholine rings is 1. The van der Waals surface area contributed by atoms with E-state index in [9.17, 15) is 0 Å². The summed E-state index contributed by atoms with van der Waals surface area (Å²) in [5.41, 5.74) is 0.814. The van der Waals surface area contributed by atoms with Gasteiger partial charge in [-0.25, -0.2) is 14.6 Å². The third kappa shape index (κ3) is 3.24. The Hall–Kier alpha value is -2.24. The van der Waals surface area contributed by atoms with Gasteiger partial charge in [-0.1, -0.05) is 0 Å². The Bertz CT molecular complexity index is 790. The van der Waals surface area contributed by atoms with Gasteiger partial charge in [0.05, 0.1) is 43.8 Å². The summed E-state index contributed by atoms with van der Waals surface area (Å²) in [5, 5.41) is 14.2. The topological polar surface area (TPSA) is 83.1 Å². The van der Waals surface area contributed by atoms with E-state index in [2.05, 4.69) is 37.9 Å². The molecule has 0 N–H and O–H groups in total. The maximum absolute atomic E-state index is 8.80. The van der Waals surface area contributed by atoms with Crippen LogP contribution in [0.5, 0.6) is 0 Å². The monoisotopic (exact) mass is 355 g/mol. The molecule has 0 spiro atoms.